The van der Waals surface area contributed by atoms with E-state index in [9.17, 15) is 9.59 Å². The molecule has 148 valence electrons. The van der Waals surface area contributed by atoms with Crippen molar-refractivity contribution in [3.8, 4) is 11.5 Å². The lowest BCUT2D eigenvalue weighted by Crippen LogP contribution is -2.46. The summed E-state index contributed by atoms with van der Waals surface area (Å²) in [5.74, 6) is 1.94. The van der Waals surface area contributed by atoms with Crippen molar-refractivity contribution in [2.75, 3.05) is 19.9 Å². The molecule has 1 atom stereocenters. The monoisotopic (exact) mass is 385 g/mol. The highest BCUT2D eigenvalue weighted by Gasteiger charge is 2.31. The standard InChI is InChI=1S/C20H23N3O5/c24-19(21-10-14-5-6-17-18(9-14)28-13-27-17)12-23-7-1-4-16(23)20(25)22-11-15-3-2-8-26-15/h2-3,5-6,8-9,16H,1,4,7,10-13H2,(H,21,24)(H,22,25). The third-order valence-electron chi connectivity index (χ3n) is 4.96. The lowest BCUT2D eigenvalue weighted by molar-refractivity contribution is -0.127. The quantitative estimate of drug-likeness (QED) is 0.749. The zero-order valence-electron chi connectivity index (χ0n) is 15.5. The highest BCUT2D eigenvalue weighted by Crippen LogP contribution is 2.32. The summed E-state index contributed by atoms with van der Waals surface area (Å²) in [7, 11) is 0. The van der Waals surface area contributed by atoms with Crippen LogP contribution in [-0.4, -0.2) is 42.6 Å². The Labute approximate surface area is 162 Å². The number of nitrogens with zero attached hydrogens (tertiary/aromatic N) is 1. The fraction of sp³-hybridized carbons (Fsp3) is 0.400. The van der Waals surface area contributed by atoms with Gasteiger partial charge in [-0.2, -0.15) is 0 Å². The summed E-state index contributed by atoms with van der Waals surface area (Å²) in [6, 6.07) is 8.91. The molecule has 2 N–H and O–H groups in total. The number of carbonyl (C=O) groups is 2. The van der Waals surface area contributed by atoms with E-state index in [4.69, 9.17) is 13.9 Å². The lowest BCUT2D eigenvalue weighted by Gasteiger charge is -2.23. The zero-order valence-corrected chi connectivity index (χ0v) is 15.5. The molecule has 8 heteroatoms. The smallest absolute Gasteiger partial charge is 0.237 e. The summed E-state index contributed by atoms with van der Waals surface area (Å²) >= 11 is 0. The van der Waals surface area contributed by atoms with Crippen LogP contribution in [0, 0.1) is 0 Å². The second-order valence-corrected chi connectivity index (χ2v) is 6.89. The van der Waals surface area contributed by atoms with E-state index in [1.165, 1.54) is 0 Å². The van der Waals surface area contributed by atoms with Crippen molar-refractivity contribution in [1.82, 2.24) is 15.5 Å². The van der Waals surface area contributed by atoms with Gasteiger partial charge in [0.05, 0.1) is 25.4 Å². The third-order valence-corrected chi connectivity index (χ3v) is 4.96. The van der Waals surface area contributed by atoms with Crippen molar-refractivity contribution in [2.45, 2.75) is 32.0 Å². The SMILES string of the molecule is O=C(CN1CCCC1C(=O)NCc1ccco1)NCc1ccc2c(c1)OCO2. The molecule has 1 saturated heterocycles. The first-order valence-corrected chi connectivity index (χ1v) is 9.38. The van der Waals surface area contributed by atoms with Crippen LogP contribution < -0.4 is 20.1 Å². The van der Waals surface area contributed by atoms with E-state index in [0.717, 1.165) is 30.7 Å². The first-order valence-electron chi connectivity index (χ1n) is 9.38. The Bertz CT molecular complexity index is 836. The summed E-state index contributed by atoms with van der Waals surface area (Å²) in [5.41, 5.74) is 0.937. The molecule has 2 aliphatic heterocycles. The summed E-state index contributed by atoms with van der Waals surface area (Å²) in [4.78, 5) is 26.8. The molecule has 0 bridgehead atoms. The number of carbonyl (C=O) groups excluding carboxylic acids is 2. The van der Waals surface area contributed by atoms with Gasteiger partial charge in [0.1, 0.15) is 5.76 Å². The van der Waals surface area contributed by atoms with E-state index in [-0.39, 0.29) is 31.2 Å². The average Bonchev–Trinajstić information content (AvgIpc) is 3.45. The maximum Gasteiger partial charge on any atom is 0.237 e. The van der Waals surface area contributed by atoms with Crippen LogP contribution in [0.3, 0.4) is 0 Å². The number of hydrogen-bond donors (Lipinski definition) is 2. The molecule has 1 aromatic carbocycles. The maximum atomic E-state index is 12.5. The van der Waals surface area contributed by atoms with Gasteiger partial charge in [-0.3, -0.25) is 14.5 Å². The van der Waals surface area contributed by atoms with Crippen molar-refractivity contribution in [1.29, 1.82) is 0 Å². The Morgan fingerprint density at radius 1 is 1.11 bits per heavy atom. The molecule has 1 fully saturated rings. The second-order valence-electron chi connectivity index (χ2n) is 6.89. The van der Waals surface area contributed by atoms with Gasteiger partial charge in [-0.25, -0.2) is 0 Å². The molecule has 0 saturated carbocycles. The van der Waals surface area contributed by atoms with Gasteiger partial charge in [-0.05, 0) is 49.2 Å². The van der Waals surface area contributed by atoms with Gasteiger partial charge in [-0.15, -0.1) is 0 Å². The average molecular weight is 385 g/mol. The molecular formula is C20H23N3O5. The Hall–Kier alpha value is -3.00. The molecule has 4 rings (SSSR count). The minimum Gasteiger partial charge on any atom is -0.467 e. The number of rotatable bonds is 7. The van der Waals surface area contributed by atoms with Crippen LogP contribution in [0.1, 0.15) is 24.2 Å². The molecule has 3 heterocycles. The van der Waals surface area contributed by atoms with Crippen molar-refractivity contribution in [3.63, 3.8) is 0 Å². The number of furan rings is 1. The summed E-state index contributed by atoms with van der Waals surface area (Å²) in [5, 5.41) is 5.79. The van der Waals surface area contributed by atoms with Crippen LogP contribution in [0.5, 0.6) is 11.5 Å². The zero-order chi connectivity index (χ0) is 19.3. The number of fused-ring (bicyclic) bond motifs is 1. The van der Waals surface area contributed by atoms with Crippen LogP contribution in [0.4, 0.5) is 0 Å². The van der Waals surface area contributed by atoms with Crippen LogP contribution in [0.2, 0.25) is 0 Å². The van der Waals surface area contributed by atoms with E-state index >= 15 is 0 Å². The molecule has 1 unspecified atom stereocenters. The minimum atomic E-state index is -0.286. The number of nitrogens with one attached hydrogen (secondary N) is 2. The number of ether oxygens (including phenoxy) is 2. The van der Waals surface area contributed by atoms with Crippen LogP contribution in [-0.2, 0) is 22.7 Å². The Morgan fingerprint density at radius 3 is 2.86 bits per heavy atom. The third kappa shape index (κ3) is 4.28. The van der Waals surface area contributed by atoms with Gasteiger partial charge in [0.15, 0.2) is 11.5 Å². The van der Waals surface area contributed by atoms with Crippen LogP contribution in [0.25, 0.3) is 0 Å². The highest BCUT2D eigenvalue weighted by molar-refractivity contribution is 5.84. The second kappa shape index (κ2) is 8.35. The van der Waals surface area contributed by atoms with Gasteiger partial charge >= 0.3 is 0 Å². The van der Waals surface area contributed by atoms with Gasteiger partial charge in [-0.1, -0.05) is 6.07 Å². The van der Waals surface area contributed by atoms with Gasteiger partial charge in [0.25, 0.3) is 0 Å². The number of benzene rings is 1. The summed E-state index contributed by atoms with van der Waals surface area (Å²) in [6.45, 7) is 1.91. The molecule has 28 heavy (non-hydrogen) atoms. The normalized spacial score (nSPS) is 18.2. The first kappa shape index (κ1) is 18.4. The molecular weight excluding hydrogens is 362 g/mol. The predicted octanol–water partition coefficient (Wildman–Crippen LogP) is 1.41. The highest BCUT2D eigenvalue weighted by atomic mass is 16.7. The van der Waals surface area contributed by atoms with Crippen molar-refractivity contribution >= 4 is 11.8 Å². The van der Waals surface area contributed by atoms with Crippen molar-refractivity contribution in [2.24, 2.45) is 0 Å². The number of likely N-dealkylation sites (tertiary alicyclic amines) is 1. The Balaban J connectivity index is 1.25. The summed E-state index contributed by atoms with van der Waals surface area (Å²) in [6.07, 6.45) is 3.22. The number of hydrogen-bond acceptors (Lipinski definition) is 6. The molecule has 0 spiro atoms. The molecule has 0 aliphatic carbocycles. The van der Waals surface area contributed by atoms with E-state index in [0.29, 0.717) is 24.6 Å². The van der Waals surface area contributed by atoms with Crippen LogP contribution >= 0.6 is 0 Å². The summed E-state index contributed by atoms with van der Waals surface area (Å²) < 4.78 is 15.9. The fourth-order valence-electron chi connectivity index (χ4n) is 3.51. The largest absolute Gasteiger partial charge is 0.467 e. The molecule has 1 aromatic heterocycles. The van der Waals surface area contributed by atoms with E-state index in [1.807, 2.05) is 29.2 Å². The topological polar surface area (TPSA) is 93.0 Å². The van der Waals surface area contributed by atoms with Crippen molar-refractivity contribution < 1.29 is 23.5 Å². The Kier molecular flexibility index (Phi) is 5.48. The molecule has 2 aliphatic rings. The lowest BCUT2D eigenvalue weighted by atomic mass is 10.2. The fourth-order valence-corrected chi connectivity index (χ4v) is 3.51. The van der Waals surface area contributed by atoms with Gasteiger partial charge in [0.2, 0.25) is 18.6 Å². The number of amides is 2. The molecule has 0 radical (unpaired) electrons. The molecule has 2 aromatic rings. The first-order chi connectivity index (χ1) is 13.7. The van der Waals surface area contributed by atoms with E-state index in [2.05, 4.69) is 10.6 Å². The van der Waals surface area contributed by atoms with Gasteiger partial charge < -0.3 is 24.5 Å². The van der Waals surface area contributed by atoms with Crippen LogP contribution in [0.15, 0.2) is 41.0 Å². The van der Waals surface area contributed by atoms with E-state index in [1.54, 1.807) is 12.3 Å². The Morgan fingerprint density at radius 2 is 2.00 bits per heavy atom. The van der Waals surface area contributed by atoms with E-state index < -0.39 is 0 Å². The van der Waals surface area contributed by atoms with Gasteiger partial charge in [0, 0.05) is 6.54 Å². The molecule has 8 nitrogen and oxygen atoms in total. The molecule has 2 amide bonds. The predicted molar refractivity (Wildman–Crippen MR) is 99.6 cm³/mol. The maximum absolute atomic E-state index is 12.5. The minimum absolute atomic E-state index is 0.0718. The van der Waals surface area contributed by atoms with Crippen molar-refractivity contribution in [3.05, 3.63) is 47.9 Å².